The first kappa shape index (κ1) is 61.0. The number of aryl methyl sites for hydroxylation is 1. The summed E-state index contributed by atoms with van der Waals surface area (Å²) < 4.78 is 33.9. The van der Waals surface area contributed by atoms with Crippen LogP contribution in [0.1, 0.15) is 64.8 Å². The van der Waals surface area contributed by atoms with E-state index < -0.39 is 47.1 Å². The van der Waals surface area contributed by atoms with Crippen LogP contribution in [0.3, 0.4) is 0 Å². The number of ether oxygens (including phenoxy) is 3. The number of likely N-dealkylation sites (tertiary alicyclic amines) is 1. The Kier molecular flexibility index (Phi) is 20.3. The van der Waals surface area contributed by atoms with Crippen LogP contribution in [-0.4, -0.2) is 180 Å². The van der Waals surface area contributed by atoms with Crippen LogP contribution in [0.4, 0.5) is 16.2 Å². The number of amides is 5. The molecule has 4 heterocycles. The van der Waals surface area contributed by atoms with E-state index in [4.69, 9.17) is 30.8 Å². The van der Waals surface area contributed by atoms with Crippen molar-refractivity contribution in [1.82, 2.24) is 40.3 Å². The minimum absolute atomic E-state index is 0.000335. The molecular weight excluding hydrogens is 1100 g/mol. The number of piperazine rings is 1. The molecule has 2 aromatic heterocycles. The Morgan fingerprint density at radius 3 is 2.29 bits per heavy atom. The molecule has 20 nitrogen and oxygen atoms in total. The van der Waals surface area contributed by atoms with Crippen molar-refractivity contribution in [1.29, 1.82) is 0 Å². The third kappa shape index (κ3) is 14.9. The van der Waals surface area contributed by atoms with Crippen molar-refractivity contribution in [2.75, 3.05) is 103 Å². The number of aromatic nitrogens is 3. The molecule has 2 aliphatic rings. The number of phenols is 1. The molecule has 0 spiro atoms. The second-order valence-corrected chi connectivity index (χ2v) is 22.9. The number of halogens is 2. The number of thiazole rings is 1. The number of aromatic hydroxyl groups is 1. The molecule has 0 bridgehead atoms. The molecule has 2 saturated heterocycles. The van der Waals surface area contributed by atoms with E-state index in [-0.39, 0.29) is 111 Å². The minimum atomic E-state index is -1.01. The molecule has 0 radical (unpaired) electrons. The number of benzene rings is 4. The van der Waals surface area contributed by atoms with Gasteiger partial charge in [0.2, 0.25) is 35.5 Å². The monoisotopic (exact) mass is 1170 g/mol. The molecule has 5 amide bonds. The second-order valence-electron chi connectivity index (χ2n) is 21.7. The topological polar surface area (TPSA) is 241 Å². The molecule has 2 aliphatic heterocycles. The van der Waals surface area contributed by atoms with Crippen LogP contribution in [0.5, 0.6) is 5.75 Å². The van der Waals surface area contributed by atoms with Gasteiger partial charge in [-0.05, 0) is 64.9 Å². The first-order valence-electron chi connectivity index (χ1n) is 27.4. The van der Waals surface area contributed by atoms with Crippen molar-refractivity contribution in [3.05, 3.63) is 94.3 Å². The Balaban J connectivity index is 0.750. The van der Waals surface area contributed by atoms with Crippen LogP contribution < -0.4 is 20.9 Å². The molecule has 2 fully saturated rings. The lowest BCUT2D eigenvalue weighted by Gasteiger charge is -2.35. The summed E-state index contributed by atoms with van der Waals surface area (Å²) in [5, 5.41) is 32.1. The normalized spacial score (nSPS) is 16.3. The lowest BCUT2D eigenvalue weighted by atomic mass is 9.85. The number of likely N-dealkylation sites (N-methyl/N-ethyl adjacent to an activating group) is 1. The van der Waals surface area contributed by atoms with Gasteiger partial charge in [0.25, 0.3) is 0 Å². The van der Waals surface area contributed by atoms with Crippen molar-refractivity contribution < 1.29 is 52.8 Å². The quantitative estimate of drug-likeness (QED) is 0.0418. The Bertz CT molecular complexity index is 3260. The van der Waals surface area contributed by atoms with Crippen molar-refractivity contribution in [3.63, 3.8) is 0 Å². The standard InChI is InChI=1S/C59H72ClFN10O10S/c1-35(38-12-14-39(15-13-38)53-36(2)63-34-82-53)64-56(77)47-30-42(74)32-71(47)57(78)54(59(4,5)6)65-48(75)33-81-27-26-80-25-24-79-23-22-68(7)49(76)16-17-62-58-66-52-45(55(67-58)70-20-18-69(19-21-70)37(3)72)31-46(60)50(51(52)61)44-29-41(73)28-40-10-8-9-11-43(40)44/h8-15,28-29,31,34-35,42,47,54,73-74H,16-27,30,32-33H2,1-7H3,(H,64,77)(H,65,75)(H,62,66,67)/t35-,42+,47-,54+/m0/s1. The number of aliphatic hydroxyl groups is 1. The number of β-amino-alcohol motifs (C(OH)–C–C–N with tert-alkyl or cyclic N) is 1. The Labute approximate surface area is 485 Å². The molecular formula is C59H72ClFN10O10S. The maximum Gasteiger partial charge on any atom is 0.246 e. The fourth-order valence-corrected chi connectivity index (χ4v) is 11.2. The number of fused-ring (bicyclic) bond motifs is 2. The van der Waals surface area contributed by atoms with Crippen molar-refractivity contribution in [2.24, 2.45) is 5.41 Å². The number of hydrogen-bond acceptors (Lipinski definition) is 16. The van der Waals surface area contributed by atoms with Gasteiger partial charge in [0.05, 0.1) is 66.3 Å². The van der Waals surface area contributed by atoms with E-state index in [1.54, 1.807) is 40.9 Å². The lowest BCUT2D eigenvalue weighted by Crippen LogP contribution is -2.58. The molecule has 4 atom stereocenters. The van der Waals surface area contributed by atoms with E-state index in [2.05, 4.69) is 25.9 Å². The van der Waals surface area contributed by atoms with Gasteiger partial charge in [-0.2, -0.15) is 4.98 Å². The van der Waals surface area contributed by atoms with Crippen molar-refractivity contribution in [2.45, 2.75) is 78.6 Å². The Morgan fingerprint density at radius 2 is 1.61 bits per heavy atom. The van der Waals surface area contributed by atoms with E-state index >= 15 is 4.39 Å². The number of carbonyl (C=O) groups excluding carboxylic acids is 5. The van der Waals surface area contributed by atoms with Crippen molar-refractivity contribution in [3.8, 4) is 27.3 Å². The minimum Gasteiger partial charge on any atom is -0.508 e. The summed E-state index contributed by atoms with van der Waals surface area (Å²) in [6.07, 6.45) is -0.783. The van der Waals surface area contributed by atoms with E-state index in [0.29, 0.717) is 60.3 Å². The maximum absolute atomic E-state index is 17.0. The highest BCUT2D eigenvalue weighted by atomic mass is 35.5. The number of aliphatic hydroxyl groups excluding tert-OH is 1. The summed E-state index contributed by atoms with van der Waals surface area (Å²) in [5.41, 5.74) is 4.38. The summed E-state index contributed by atoms with van der Waals surface area (Å²) in [4.78, 5) is 87.6. The van der Waals surface area contributed by atoms with Gasteiger partial charge >= 0.3 is 0 Å². The molecule has 23 heteroatoms. The SMILES string of the molecule is CC(=O)N1CCN(c2nc(NCCC(=O)N(C)CCOCCOCCOCC(=O)N[C@H](C(=O)N3C[C@H](O)C[C@H]3C(=O)N[C@@H](C)c3ccc(-c4scnc4C)cc3)C(C)(C)C)nc3c(F)c(-c4cc(O)cc5ccccc45)c(Cl)cc23)CC1. The molecule has 0 unspecified atom stereocenters. The maximum atomic E-state index is 17.0. The van der Waals surface area contributed by atoms with E-state index in [9.17, 15) is 34.2 Å². The van der Waals surface area contributed by atoms with Gasteiger partial charge in [-0.15, -0.1) is 11.3 Å². The number of hydrogen-bond donors (Lipinski definition) is 5. The highest BCUT2D eigenvalue weighted by Crippen LogP contribution is 2.42. The zero-order valence-electron chi connectivity index (χ0n) is 47.3. The molecule has 5 N–H and O–H groups in total. The molecule has 82 heavy (non-hydrogen) atoms. The highest BCUT2D eigenvalue weighted by Gasteiger charge is 2.45. The average Bonchev–Trinajstić information content (AvgIpc) is 4.21. The van der Waals surface area contributed by atoms with Crippen molar-refractivity contribution >= 4 is 85.9 Å². The third-order valence-electron chi connectivity index (χ3n) is 14.7. The molecule has 0 aliphatic carbocycles. The zero-order chi connectivity index (χ0) is 58.8. The summed E-state index contributed by atoms with van der Waals surface area (Å²) >= 11 is 8.43. The summed E-state index contributed by atoms with van der Waals surface area (Å²) in [7, 11) is 1.66. The van der Waals surface area contributed by atoms with Gasteiger partial charge in [0.1, 0.15) is 35.8 Å². The predicted molar refractivity (Wildman–Crippen MR) is 313 cm³/mol. The molecule has 4 aromatic carbocycles. The molecule has 6 aromatic rings. The van der Waals surface area contributed by atoms with Gasteiger partial charge < -0.3 is 60.0 Å². The van der Waals surface area contributed by atoms with Gasteiger partial charge in [0, 0.05) is 83.6 Å². The van der Waals surface area contributed by atoms with Gasteiger partial charge in [0.15, 0.2) is 5.82 Å². The number of nitrogens with zero attached hydrogens (tertiary/aromatic N) is 7. The number of carbonyl (C=O) groups is 5. The summed E-state index contributed by atoms with van der Waals surface area (Å²) in [6, 6.07) is 17.5. The first-order chi connectivity index (χ1) is 39.2. The van der Waals surface area contributed by atoms with E-state index in [0.717, 1.165) is 21.7 Å². The summed E-state index contributed by atoms with van der Waals surface area (Å²) in [5.74, 6) is -1.85. The van der Waals surface area contributed by atoms with Gasteiger partial charge in [-0.1, -0.05) is 80.9 Å². The van der Waals surface area contributed by atoms with Crippen LogP contribution in [0.25, 0.3) is 43.2 Å². The van der Waals surface area contributed by atoms with E-state index in [1.165, 1.54) is 22.8 Å². The van der Waals surface area contributed by atoms with Gasteiger partial charge in [-0.3, -0.25) is 24.0 Å². The number of rotatable bonds is 23. The lowest BCUT2D eigenvalue weighted by molar-refractivity contribution is -0.144. The number of anilines is 2. The number of phenolic OH excluding ortho intramolecular Hbond substituents is 1. The van der Waals surface area contributed by atoms with Crippen LogP contribution in [0.15, 0.2) is 72.2 Å². The molecule has 438 valence electrons. The third-order valence-corrected chi connectivity index (χ3v) is 15.9. The molecule has 8 rings (SSSR count). The predicted octanol–water partition coefficient (Wildman–Crippen LogP) is 6.73. The largest absolute Gasteiger partial charge is 0.508 e. The average molecular weight is 1170 g/mol. The fraction of sp³-hybridized carbons (Fsp3) is 0.458. The fourth-order valence-electron chi connectivity index (χ4n) is 10.1. The highest BCUT2D eigenvalue weighted by molar-refractivity contribution is 7.13. The molecule has 0 saturated carbocycles. The first-order valence-corrected chi connectivity index (χ1v) is 28.7. The van der Waals surface area contributed by atoms with Crippen LogP contribution in [-0.2, 0) is 38.2 Å². The van der Waals surface area contributed by atoms with Crippen LogP contribution >= 0.6 is 22.9 Å². The number of nitrogens with one attached hydrogen (secondary N) is 3. The Morgan fingerprint density at radius 1 is 0.915 bits per heavy atom. The Hall–Kier alpha value is -7.08. The smallest absolute Gasteiger partial charge is 0.246 e. The second kappa shape index (κ2) is 27.3. The summed E-state index contributed by atoms with van der Waals surface area (Å²) in [6.45, 7) is 13.5. The van der Waals surface area contributed by atoms with Crippen LogP contribution in [0.2, 0.25) is 5.02 Å². The van der Waals surface area contributed by atoms with Crippen LogP contribution in [0, 0.1) is 18.2 Å². The van der Waals surface area contributed by atoms with Gasteiger partial charge in [-0.25, -0.2) is 14.4 Å². The zero-order valence-corrected chi connectivity index (χ0v) is 48.9. The van der Waals surface area contributed by atoms with E-state index in [1.807, 2.05) is 88.0 Å².